The Morgan fingerprint density at radius 3 is 2.56 bits per heavy atom. The largest absolute Gasteiger partial charge is 0.367 e. The van der Waals surface area contributed by atoms with Crippen molar-refractivity contribution in [3.8, 4) is 0 Å². The number of nitrogens with one attached hydrogen (secondary N) is 2. The lowest BCUT2D eigenvalue weighted by Crippen LogP contribution is -2.13. The lowest BCUT2D eigenvalue weighted by molar-refractivity contribution is 0.689. The van der Waals surface area contributed by atoms with Gasteiger partial charge in [-0.25, -0.2) is 0 Å². The average Bonchev–Trinajstić information content (AvgIpc) is 2.83. The Morgan fingerprint density at radius 2 is 1.88 bits per heavy atom. The molecule has 0 fully saturated rings. The standard InChI is InChI=1S/C14H18N2/c1-2-13-5-3-4-6-14(13)11-16-10-12-7-8-15-9-12/h3-9,15-16H,2,10-11H2,1H3. The third-order valence-corrected chi connectivity index (χ3v) is 2.81. The van der Waals surface area contributed by atoms with Crippen LogP contribution in [0.15, 0.2) is 42.7 Å². The molecule has 2 rings (SSSR count). The summed E-state index contributed by atoms with van der Waals surface area (Å²) in [7, 11) is 0. The van der Waals surface area contributed by atoms with Crippen LogP contribution in [-0.4, -0.2) is 4.98 Å². The average molecular weight is 214 g/mol. The Kier molecular flexibility index (Phi) is 3.78. The molecule has 0 saturated carbocycles. The Hall–Kier alpha value is -1.54. The molecule has 0 aliphatic heterocycles. The molecule has 0 atom stereocenters. The third-order valence-electron chi connectivity index (χ3n) is 2.81. The van der Waals surface area contributed by atoms with E-state index in [0.717, 1.165) is 19.5 Å². The SMILES string of the molecule is CCc1ccccc1CNCc1cc[nH]c1. The molecule has 0 unspecified atom stereocenters. The predicted molar refractivity (Wildman–Crippen MR) is 67.2 cm³/mol. The van der Waals surface area contributed by atoms with Crippen molar-refractivity contribution in [2.75, 3.05) is 0 Å². The van der Waals surface area contributed by atoms with Gasteiger partial charge in [-0.3, -0.25) is 0 Å². The van der Waals surface area contributed by atoms with Crippen molar-refractivity contribution in [1.82, 2.24) is 10.3 Å². The van der Waals surface area contributed by atoms with Crippen LogP contribution in [0.2, 0.25) is 0 Å². The summed E-state index contributed by atoms with van der Waals surface area (Å²) in [6.07, 6.45) is 5.08. The zero-order valence-electron chi connectivity index (χ0n) is 9.66. The second-order valence-electron chi connectivity index (χ2n) is 3.95. The number of aryl methyl sites for hydroxylation is 1. The van der Waals surface area contributed by atoms with Crippen molar-refractivity contribution in [2.45, 2.75) is 26.4 Å². The summed E-state index contributed by atoms with van der Waals surface area (Å²) in [5.74, 6) is 0. The van der Waals surface area contributed by atoms with Gasteiger partial charge in [-0.1, -0.05) is 31.2 Å². The van der Waals surface area contributed by atoms with Crippen molar-refractivity contribution in [2.24, 2.45) is 0 Å². The van der Waals surface area contributed by atoms with Crippen molar-refractivity contribution in [1.29, 1.82) is 0 Å². The Balaban J connectivity index is 1.89. The van der Waals surface area contributed by atoms with E-state index < -0.39 is 0 Å². The van der Waals surface area contributed by atoms with Gasteiger partial charge in [-0.05, 0) is 29.2 Å². The monoisotopic (exact) mass is 214 g/mol. The summed E-state index contributed by atoms with van der Waals surface area (Å²) in [6.45, 7) is 4.06. The first-order valence-electron chi connectivity index (χ1n) is 5.79. The molecule has 2 nitrogen and oxygen atoms in total. The van der Waals surface area contributed by atoms with Crippen LogP contribution in [0.4, 0.5) is 0 Å². The van der Waals surface area contributed by atoms with Gasteiger partial charge in [-0.15, -0.1) is 0 Å². The molecule has 2 aromatic rings. The van der Waals surface area contributed by atoms with Crippen LogP contribution in [0.5, 0.6) is 0 Å². The van der Waals surface area contributed by atoms with Crippen LogP contribution in [0.25, 0.3) is 0 Å². The molecule has 1 heterocycles. The van der Waals surface area contributed by atoms with E-state index in [1.54, 1.807) is 0 Å². The molecule has 0 radical (unpaired) electrons. The summed E-state index contributed by atoms with van der Waals surface area (Å²) in [6, 6.07) is 10.7. The van der Waals surface area contributed by atoms with Crippen LogP contribution in [0.1, 0.15) is 23.6 Å². The normalized spacial score (nSPS) is 10.6. The second kappa shape index (κ2) is 5.52. The second-order valence-corrected chi connectivity index (χ2v) is 3.95. The predicted octanol–water partition coefficient (Wildman–Crippen LogP) is 2.87. The van der Waals surface area contributed by atoms with Crippen LogP contribution in [0.3, 0.4) is 0 Å². The van der Waals surface area contributed by atoms with E-state index in [1.807, 2.05) is 12.4 Å². The molecule has 84 valence electrons. The fourth-order valence-electron chi connectivity index (χ4n) is 1.88. The molecule has 0 saturated heterocycles. The van der Waals surface area contributed by atoms with Crippen LogP contribution in [0, 0.1) is 0 Å². The van der Waals surface area contributed by atoms with Gasteiger partial charge in [0, 0.05) is 25.5 Å². The van der Waals surface area contributed by atoms with Gasteiger partial charge in [0.2, 0.25) is 0 Å². The number of aromatic nitrogens is 1. The molecular formula is C14H18N2. The first kappa shape index (κ1) is 11.0. The summed E-state index contributed by atoms with van der Waals surface area (Å²) in [5, 5.41) is 3.46. The number of H-pyrrole nitrogens is 1. The molecule has 1 aromatic heterocycles. The van der Waals surface area contributed by atoms with Gasteiger partial charge < -0.3 is 10.3 Å². The van der Waals surface area contributed by atoms with Crippen molar-refractivity contribution < 1.29 is 0 Å². The Bertz CT molecular complexity index is 418. The van der Waals surface area contributed by atoms with E-state index in [2.05, 4.69) is 47.6 Å². The minimum absolute atomic E-state index is 0.918. The van der Waals surface area contributed by atoms with Gasteiger partial charge in [-0.2, -0.15) is 0 Å². The number of benzene rings is 1. The van der Waals surface area contributed by atoms with E-state index in [0.29, 0.717) is 0 Å². The third kappa shape index (κ3) is 2.74. The smallest absolute Gasteiger partial charge is 0.0223 e. The number of hydrogen-bond donors (Lipinski definition) is 2. The highest BCUT2D eigenvalue weighted by atomic mass is 14.9. The molecule has 16 heavy (non-hydrogen) atoms. The molecule has 0 amide bonds. The number of aromatic amines is 1. The molecule has 0 aliphatic carbocycles. The first-order chi connectivity index (χ1) is 7.90. The fraction of sp³-hybridized carbons (Fsp3) is 0.286. The van der Waals surface area contributed by atoms with Crippen LogP contribution in [-0.2, 0) is 19.5 Å². The maximum absolute atomic E-state index is 3.46. The van der Waals surface area contributed by atoms with Crippen molar-refractivity contribution in [3.05, 3.63) is 59.4 Å². The lowest BCUT2D eigenvalue weighted by Gasteiger charge is -2.08. The van der Waals surface area contributed by atoms with Crippen molar-refractivity contribution in [3.63, 3.8) is 0 Å². The van der Waals surface area contributed by atoms with Crippen LogP contribution >= 0.6 is 0 Å². The summed E-state index contributed by atoms with van der Waals surface area (Å²) >= 11 is 0. The van der Waals surface area contributed by atoms with Crippen molar-refractivity contribution >= 4 is 0 Å². The minimum atomic E-state index is 0.918. The zero-order chi connectivity index (χ0) is 11.2. The van der Waals surface area contributed by atoms with Gasteiger partial charge in [0.05, 0.1) is 0 Å². The summed E-state index contributed by atoms with van der Waals surface area (Å²) in [4.78, 5) is 3.06. The molecule has 2 heteroatoms. The maximum atomic E-state index is 3.46. The van der Waals surface area contributed by atoms with E-state index >= 15 is 0 Å². The highest BCUT2D eigenvalue weighted by molar-refractivity contribution is 5.26. The summed E-state index contributed by atoms with van der Waals surface area (Å²) < 4.78 is 0. The van der Waals surface area contributed by atoms with E-state index in [9.17, 15) is 0 Å². The van der Waals surface area contributed by atoms with Gasteiger partial charge in [0.25, 0.3) is 0 Å². The summed E-state index contributed by atoms with van der Waals surface area (Å²) in [5.41, 5.74) is 4.14. The maximum Gasteiger partial charge on any atom is 0.0223 e. The molecular weight excluding hydrogens is 196 g/mol. The molecule has 1 aromatic carbocycles. The molecule has 0 aliphatic rings. The molecule has 2 N–H and O–H groups in total. The number of hydrogen-bond acceptors (Lipinski definition) is 1. The Morgan fingerprint density at radius 1 is 1.06 bits per heavy atom. The van der Waals surface area contributed by atoms with E-state index in [1.165, 1.54) is 16.7 Å². The van der Waals surface area contributed by atoms with Gasteiger partial charge >= 0.3 is 0 Å². The van der Waals surface area contributed by atoms with Gasteiger partial charge in [0.15, 0.2) is 0 Å². The highest BCUT2D eigenvalue weighted by Gasteiger charge is 1.99. The first-order valence-corrected chi connectivity index (χ1v) is 5.79. The zero-order valence-corrected chi connectivity index (χ0v) is 9.66. The van der Waals surface area contributed by atoms with Crippen LogP contribution < -0.4 is 5.32 Å². The number of rotatable bonds is 5. The Labute approximate surface area is 96.7 Å². The quantitative estimate of drug-likeness (QED) is 0.787. The lowest BCUT2D eigenvalue weighted by atomic mass is 10.1. The molecule has 0 spiro atoms. The fourth-order valence-corrected chi connectivity index (χ4v) is 1.88. The highest BCUT2D eigenvalue weighted by Crippen LogP contribution is 2.09. The van der Waals surface area contributed by atoms with E-state index in [4.69, 9.17) is 0 Å². The molecule has 0 bridgehead atoms. The van der Waals surface area contributed by atoms with Gasteiger partial charge in [0.1, 0.15) is 0 Å². The topological polar surface area (TPSA) is 27.8 Å². The minimum Gasteiger partial charge on any atom is -0.367 e. The van der Waals surface area contributed by atoms with E-state index in [-0.39, 0.29) is 0 Å².